The van der Waals surface area contributed by atoms with Crippen LogP contribution in [0.1, 0.15) is 25.2 Å². The van der Waals surface area contributed by atoms with Gasteiger partial charge in [0.2, 0.25) is 11.6 Å². The number of hydrogen-bond donors (Lipinski definition) is 0. The molecule has 0 unspecified atom stereocenters. The first-order valence-corrected chi connectivity index (χ1v) is 10.5. The van der Waals surface area contributed by atoms with E-state index >= 15 is 0 Å². The highest BCUT2D eigenvalue weighted by atomic mass is 32.1. The molecule has 1 aliphatic rings. The number of rotatable bonds is 6. The van der Waals surface area contributed by atoms with Crippen LogP contribution in [-0.4, -0.2) is 60.4 Å². The van der Waals surface area contributed by atoms with Crippen LogP contribution < -0.4 is 4.90 Å². The minimum absolute atomic E-state index is 0.0458. The number of nitrogens with zero attached hydrogens (tertiary/aromatic N) is 8. The Morgan fingerprint density at radius 2 is 1.85 bits per heavy atom. The van der Waals surface area contributed by atoms with E-state index in [1.54, 1.807) is 6.07 Å². The molecule has 0 saturated heterocycles. The summed E-state index contributed by atoms with van der Waals surface area (Å²) < 4.78 is 41.7. The van der Waals surface area contributed by atoms with E-state index < -0.39 is 16.8 Å². The van der Waals surface area contributed by atoms with E-state index in [1.807, 2.05) is 32.9 Å². The summed E-state index contributed by atoms with van der Waals surface area (Å²) in [6.45, 7) is 7.60. The van der Waals surface area contributed by atoms with Crippen LogP contribution in [0, 0.1) is 6.92 Å². The maximum atomic E-state index is 13.5. The Hall–Kier alpha value is -3.54. The first-order valence-electron chi connectivity index (χ1n) is 10.1. The largest absolute Gasteiger partial charge is 0.428 e. The summed E-state index contributed by atoms with van der Waals surface area (Å²) in [5, 5.41) is 12.1. The molecule has 0 fully saturated rings. The molecule has 1 aromatic carbocycles. The SMILES string of the molecule is CCN(CC)c1ccc(/N=C2/C(C(=S)C(F)(F)F)=Nn3c2nnc3-c2cnccn2)c(C)c1. The quantitative estimate of drug-likeness (QED) is 0.501. The molecule has 0 aliphatic carbocycles. The van der Waals surface area contributed by atoms with Gasteiger partial charge in [0.1, 0.15) is 22.0 Å². The molecule has 0 amide bonds. The van der Waals surface area contributed by atoms with Crippen LogP contribution in [-0.2, 0) is 0 Å². The van der Waals surface area contributed by atoms with E-state index in [0.717, 1.165) is 29.0 Å². The van der Waals surface area contributed by atoms with E-state index in [2.05, 4.69) is 35.2 Å². The normalized spacial score (nSPS) is 14.4. The molecule has 0 spiro atoms. The summed E-state index contributed by atoms with van der Waals surface area (Å²) in [5.74, 6) is 0.184. The fraction of sp³-hybridized carbons (Fsp3) is 0.286. The summed E-state index contributed by atoms with van der Waals surface area (Å²) in [4.78, 5) is 13.5. The number of halogens is 3. The number of benzene rings is 1. The van der Waals surface area contributed by atoms with Crippen molar-refractivity contribution in [3.63, 3.8) is 0 Å². The molecule has 1 aliphatic heterocycles. The van der Waals surface area contributed by atoms with Gasteiger partial charge in [-0.2, -0.15) is 22.9 Å². The number of thiocarbonyl (C=S) groups is 1. The Morgan fingerprint density at radius 1 is 1.12 bits per heavy atom. The van der Waals surface area contributed by atoms with E-state index in [-0.39, 0.29) is 17.4 Å². The van der Waals surface area contributed by atoms with Gasteiger partial charge in [0.25, 0.3) is 0 Å². The van der Waals surface area contributed by atoms with Crippen molar-refractivity contribution in [2.24, 2.45) is 10.1 Å². The molecule has 3 aromatic rings. The molecule has 12 heteroatoms. The summed E-state index contributed by atoms with van der Waals surface area (Å²) in [6.07, 6.45) is -0.441. The van der Waals surface area contributed by atoms with Gasteiger partial charge in [-0.15, -0.1) is 10.2 Å². The molecule has 4 rings (SSSR count). The molecule has 170 valence electrons. The Labute approximate surface area is 192 Å². The van der Waals surface area contributed by atoms with Gasteiger partial charge >= 0.3 is 6.18 Å². The maximum absolute atomic E-state index is 13.5. The van der Waals surface area contributed by atoms with Crippen molar-refractivity contribution >= 4 is 39.9 Å². The van der Waals surface area contributed by atoms with Crippen molar-refractivity contribution in [1.29, 1.82) is 0 Å². The number of fused-ring (bicyclic) bond motifs is 1. The third kappa shape index (κ3) is 4.25. The molecule has 3 heterocycles. The zero-order valence-electron chi connectivity index (χ0n) is 18.0. The lowest BCUT2D eigenvalue weighted by molar-refractivity contribution is -0.0542. The Bertz CT molecular complexity index is 1260. The van der Waals surface area contributed by atoms with E-state index in [4.69, 9.17) is 12.2 Å². The van der Waals surface area contributed by atoms with Gasteiger partial charge in [-0.1, -0.05) is 12.2 Å². The third-order valence-corrected chi connectivity index (χ3v) is 5.51. The second kappa shape index (κ2) is 8.77. The number of anilines is 1. The highest BCUT2D eigenvalue weighted by Crippen LogP contribution is 2.30. The average Bonchev–Trinajstić information content (AvgIpc) is 3.35. The second-order valence-corrected chi connectivity index (χ2v) is 7.54. The van der Waals surface area contributed by atoms with E-state index in [1.165, 1.54) is 18.6 Å². The lowest BCUT2D eigenvalue weighted by atomic mass is 10.1. The highest BCUT2D eigenvalue weighted by Gasteiger charge is 2.43. The Kier molecular flexibility index (Phi) is 6.02. The molecule has 0 saturated carbocycles. The van der Waals surface area contributed by atoms with Gasteiger partial charge in [0.05, 0.1) is 11.9 Å². The summed E-state index contributed by atoms with van der Waals surface area (Å²) in [7, 11) is 0. The molecular weight excluding hydrogens is 453 g/mol. The zero-order chi connectivity index (χ0) is 23.8. The van der Waals surface area contributed by atoms with Crippen LogP contribution in [0.2, 0.25) is 0 Å². The second-order valence-electron chi connectivity index (χ2n) is 7.13. The zero-order valence-corrected chi connectivity index (χ0v) is 18.8. The summed E-state index contributed by atoms with van der Waals surface area (Å²) in [6, 6.07) is 5.58. The van der Waals surface area contributed by atoms with Crippen molar-refractivity contribution in [3.8, 4) is 11.5 Å². The molecular formula is C21H19F3N8S. The van der Waals surface area contributed by atoms with Crippen LogP contribution in [0.5, 0.6) is 0 Å². The Balaban J connectivity index is 1.84. The number of aryl methyl sites for hydroxylation is 1. The standard InChI is InChI=1S/C21H19F3N8S/c1-4-31(5-2)13-6-7-14(12(3)10-13)27-17-16(18(33)21(22,23)24)30-32-19(28-29-20(17)32)15-11-25-8-9-26-15/h6-11H,4-5H2,1-3H3/b27-17-. The molecule has 8 nitrogen and oxygen atoms in total. The molecule has 0 radical (unpaired) electrons. The topological polar surface area (TPSA) is 84.5 Å². The predicted octanol–water partition coefficient (Wildman–Crippen LogP) is 4.16. The lowest BCUT2D eigenvalue weighted by Crippen LogP contribution is -2.33. The number of aliphatic imine (C=N–C) groups is 1. The van der Waals surface area contributed by atoms with Crippen LogP contribution in [0.3, 0.4) is 0 Å². The van der Waals surface area contributed by atoms with Gasteiger partial charge in [-0.3, -0.25) is 4.98 Å². The molecule has 2 aromatic heterocycles. The fourth-order valence-electron chi connectivity index (χ4n) is 3.41. The van der Waals surface area contributed by atoms with Gasteiger partial charge < -0.3 is 4.90 Å². The highest BCUT2D eigenvalue weighted by molar-refractivity contribution is 7.82. The van der Waals surface area contributed by atoms with Gasteiger partial charge in [0, 0.05) is 31.2 Å². The van der Waals surface area contributed by atoms with Crippen LogP contribution in [0.25, 0.3) is 11.5 Å². The third-order valence-electron chi connectivity index (χ3n) is 5.08. The van der Waals surface area contributed by atoms with E-state index in [0.29, 0.717) is 11.4 Å². The fourth-order valence-corrected chi connectivity index (χ4v) is 3.55. The number of aromatic nitrogens is 5. The molecule has 0 atom stereocenters. The lowest BCUT2D eigenvalue weighted by Gasteiger charge is -2.21. The summed E-state index contributed by atoms with van der Waals surface area (Å²) in [5.41, 5.74) is 1.99. The van der Waals surface area contributed by atoms with Crippen LogP contribution in [0.4, 0.5) is 24.5 Å². The minimum Gasteiger partial charge on any atom is -0.372 e. The van der Waals surface area contributed by atoms with Gasteiger partial charge in [-0.05, 0) is 44.5 Å². The average molecular weight is 473 g/mol. The maximum Gasteiger partial charge on any atom is 0.428 e. The van der Waals surface area contributed by atoms with Crippen molar-refractivity contribution in [2.75, 3.05) is 18.0 Å². The monoisotopic (exact) mass is 472 g/mol. The minimum atomic E-state index is -4.76. The van der Waals surface area contributed by atoms with E-state index in [9.17, 15) is 13.2 Å². The van der Waals surface area contributed by atoms with Crippen molar-refractivity contribution in [2.45, 2.75) is 26.9 Å². The van der Waals surface area contributed by atoms with Crippen LogP contribution >= 0.6 is 12.2 Å². The van der Waals surface area contributed by atoms with Crippen LogP contribution in [0.15, 0.2) is 46.9 Å². The first-order chi connectivity index (χ1) is 15.7. The van der Waals surface area contributed by atoms with Crippen molar-refractivity contribution < 1.29 is 13.2 Å². The number of alkyl halides is 3. The summed E-state index contributed by atoms with van der Waals surface area (Å²) >= 11 is 4.70. The molecule has 33 heavy (non-hydrogen) atoms. The molecule has 0 bridgehead atoms. The van der Waals surface area contributed by atoms with Crippen molar-refractivity contribution in [1.82, 2.24) is 24.8 Å². The molecule has 0 N–H and O–H groups in total. The first kappa shape index (κ1) is 22.6. The smallest absolute Gasteiger partial charge is 0.372 e. The number of hydrogen-bond acceptors (Lipinski definition) is 8. The predicted molar refractivity (Wildman–Crippen MR) is 123 cm³/mol. The van der Waals surface area contributed by atoms with Gasteiger partial charge in [-0.25, -0.2) is 9.98 Å². The van der Waals surface area contributed by atoms with Crippen molar-refractivity contribution in [3.05, 3.63) is 48.2 Å². The Morgan fingerprint density at radius 3 is 2.45 bits per heavy atom. The van der Waals surface area contributed by atoms with Gasteiger partial charge in [0.15, 0.2) is 0 Å².